The lowest BCUT2D eigenvalue weighted by Gasteiger charge is -2.35. The lowest BCUT2D eigenvalue weighted by atomic mass is 9.68. The topological polar surface area (TPSA) is 110 Å². The van der Waals surface area contributed by atoms with E-state index in [1.165, 1.54) is 10.5 Å². The van der Waals surface area contributed by atoms with E-state index in [0.717, 1.165) is 46.5 Å². The van der Waals surface area contributed by atoms with E-state index in [1.54, 1.807) is 12.1 Å². The van der Waals surface area contributed by atoms with Crippen LogP contribution in [-0.2, 0) is 9.59 Å². The Bertz CT molecular complexity index is 1590. The molecule has 0 bridgehead atoms. The summed E-state index contributed by atoms with van der Waals surface area (Å²) in [6.07, 6.45) is 4.61. The molecule has 2 aliphatic rings. The summed E-state index contributed by atoms with van der Waals surface area (Å²) in [5.41, 5.74) is 7.70. The van der Waals surface area contributed by atoms with E-state index < -0.39 is 23.9 Å². The van der Waals surface area contributed by atoms with Gasteiger partial charge in [0, 0.05) is 17.3 Å². The second-order valence-electron chi connectivity index (χ2n) is 12.5. The molecule has 4 atom stereocenters. The van der Waals surface area contributed by atoms with Crippen molar-refractivity contribution in [2.24, 2.45) is 17.8 Å². The first-order valence-electron chi connectivity index (χ1n) is 15.9. The van der Waals surface area contributed by atoms with Crippen molar-refractivity contribution in [3.8, 4) is 5.75 Å². The van der Waals surface area contributed by atoms with Crippen LogP contribution in [0.2, 0.25) is 0 Å². The fourth-order valence-electron chi connectivity index (χ4n) is 7.13. The zero-order valence-corrected chi connectivity index (χ0v) is 26.6. The maximum atomic E-state index is 13.9. The minimum Gasteiger partial charge on any atom is -0.507 e. The van der Waals surface area contributed by atoms with Crippen molar-refractivity contribution in [1.82, 2.24) is 0 Å². The molecular formula is C38H44N2O5. The third-order valence-corrected chi connectivity index (χ3v) is 9.27. The number of carbonyl (C=O) groups is 2. The lowest BCUT2D eigenvalue weighted by molar-refractivity contribution is -0.123. The molecule has 0 aromatic heterocycles. The smallest absolute Gasteiger partial charge is 0.238 e. The van der Waals surface area contributed by atoms with Gasteiger partial charge in [0.25, 0.3) is 0 Å². The molecule has 0 unspecified atom stereocenters. The zero-order chi connectivity index (χ0) is 32.2. The van der Waals surface area contributed by atoms with Crippen molar-refractivity contribution < 1.29 is 24.9 Å². The van der Waals surface area contributed by atoms with E-state index >= 15 is 0 Å². The number of fused-ring (bicyclic) bond motifs is 1. The molecular weight excluding hydrogens is 564 g/mol. The van der Waals surface area contributed by atoms with Gasteiger partial charge in [0.1, 0.15) is 5.75 Å². The molecule has 0 radical (unpaired) electrons. The number of nitrogens with one attached hydrogen (secondary N) is 1. The molecule has 0 saturated carbocycles. The van der Waals surface area contributed by atoms with Crippen molar-refractivity contribution in [3.63, 3.8) is 0 Å². The molecule has 1 saturated heterocycles. The monoisotopic (exact) mass is 608 g/mol. The summed E-state index contributed by atoms with van der Waals surface area (Å²) in [6.45, 7) is 7.49. The molecule has 1 fully saturated rings. The Morgan fingerprint density at radius 2 is 1.60 bits per heavy atom. The molecule has 0 spiro atoms. The highest BCUT2D eigenvalue weighted by Gasteiger charge is 2.54. The Morgan fingerprint density at radius 1 is 0.956 bits per heavy atom. The van der Waals surface area contributed by atoms with Gasteiger partial charge in [-0.1, -0.05) is 48.8 Å². The molecule has 2 amide bonds. The van der Waals surface area contributed by atoms with Gasteiger partial charge >= 0.3 is 0 Å². The van der Waals surface area contributed by atoms with Crippen LogP contribution in [-0.4, -0.2) is 39.8 Å². The van der Waals surface area contributed by atoms with Crippen LogP contribution in [0.15, 0.2) is 83.4 Å². The predicted octanol–water partition coefficient (Wildman–Crippen LogP) is 7.21. The average molecular weight is 609 g/mol. The van der Waals surface area contributed by atoms with Gasteiger partial charge in [-0.15, -0.1) is 0 Å². The Labute approximate surface area is 265 Å². The number of rotatable bonds is 11. The maximum absolute atomic E-state index is 13.9. The van der Waals surface area contributed by atoms with Crippen LogP contribution in [0.5, 0.6) is 5.75 Å². The number of hydrogen-bond acceptors (Lipinski definition) is 6. The van der Waals surface area contributed by atoms with Gasteiger partial charge in [0.2, 0.25) is 11.8 Å². The van der Waals surface area contributed by atoms with Crippen LogP contribution in [0, 0.1) is 31.6 Å². The first kappa shape index (κ1) is 32.2. The summed E-state index contributed by atoms with van der Waals surface area (Å²) >= 11 is 0. The largest absolute Gasteiger partial charge is 0.507 e. The summed E-state index contributed by atoms with van der Waals surface area (Å²) in [7, 11) is 0. The standard InChI is InChI=1S/C38H44N2O5/c1-5-9-26(21-27-18-24(3)36(43)25(4)19-27)12-17-33(42)34-23(2)20-31-35(32(34)22-41)38(45)40(37(31)44)30-15-13-29(14-16-30)39-28-10-7-6-8-11-28/h6-8,10-11,13-16,18-19,21,31-33,35,39,41-43H,5,9,12,17,20,22H2,1-4H3/b26-21+/t31-,32+,33-,35-/m1/s1. The second kappa shape index (κ2) is 13.8. The van der Waals surface area contributed by atoms with Crippen molar-refractivity contribution in [1.29, 1.82) is 0 Å². The summed E-state index contributed by atoms with van der Waals surface area (Å²) in [5.74, 6) is -2.18. The first-order chi connectivity index (χ1) is 21.6. The number of aryl methyl sites for hydroxylation is 2. The van der Waals surface area contributed by atoms with Gasteiger partial charge < -0.3 is 20.6 Å². The average Bonchev–Trinajstić information content (AvgIpc) is 3.27. The lowest BCUT2D eigenvalue weighted by Crippen LogP contribution is -2.38. The van der Waals surface area contributed by atoms with Crippen molar-refractivity contribution in [2.75, 3.05) is 16.8 Å². The number of nitrogens with zero attached hydrogens (tertiary/aromatic N) is 1. The second-order valence-corrected chi connectivity index (χ2v) is 12.5. The van der Waals surface area contributed by atoms with Crippen LogP contribution in [0.1, 0.15) is 62.6 Å². The van der Waals surface area contributed by atoms with Gasteiger partial charge in [-0.25, -0.2) is 0 Å². The van der Waals surface area contributed by atoms with E-state index in [2.05, 4.69) is 18.3 Å². The number of imide groups is 1. The number of hydrogen-bond donors (Lipinski definition) is 4. The van der Waals surface area contributed by atoms with Crippen molar-refractivity contribution >= 4 is 35.0 Å². The summed E-state index contributed by atoms with van der Waals surface area (Å²) in [6, 6.07) is 20.9. The Balaban J connectivity index is 1.32. The van der Waals surface area contributed by atoms with Gasteiger partial charge in [-0.05, 0) is 117 Å². The number of allylic oxidation sites excluding steroid dienone is 2. The van der Waals surface area contributed by atoms with E-state index in [-0.39, 0.29) is 18.4 Å². The van der Waals surface area contributed by atoms with Crippen LogP contribution in [0.3, 0.4) is 0 Å². The minimum atomic E-state index is -0.841. The van der Waals surface area contributed by atoms with Crippen LogP contribution >= 0.6 is 0 Å². The maximum Gasteiger partial charge on any atom is 0.238 e. The molecule has 3 aromatic rings. The number of anilines is 3. The number of benzene rings is 3. The number of aliphatic hydroxyl groups is 2. The Morgan fingerprint density at radius 3 is 2.22 bits per heavy atom. The highest BCUT2D eigenvalue weighted by Crippen LogP contribution is 2.47. The number of phenols is 1. The minimum absolute atomic E-state index is 0.257. The predicted molar refractivity (Wildman–Crippen MR) is 179 cm³/mol. The van der Waals surface area contributed by atoms with Crippen LogP contribution in [0.25, 0.3) is 6.08 Å². The molecule has 4 N–H and O–H groups in total. The number of phenolic OH excluding ortho intramolecular Hbond substituents is 1. The Kier molecular flexibility index (Phi) is 9.90. The number of aliphatic hydroxyl groups excluding tert-OH is 2. The van der Waals surface area contributed by atoms with Crippen molar-refractivity contribution in [3.05, 3.63) is 100 Å². The van der Waals surface area contributed by atoms with Crippen LogP contribution < -0.4 is 10.2 Å². The number of carbonyl (C=O) groups excluding carboxylic acids is 2. The number of amides is 2. The molecule has 45 heavy (non-hydrogen) atoms. The first-order valence-corrected chi connectivity index (χ1v) is 15.9. The molecule has 1 aliphatic heterocycles. The summed E-state index contributed by atoms with van der Waals surface area (Å²) < 4.78 is 0. The van der Waals surface area contributed by atoms with Gasteiger partial charge in [0.05, 0.1) is 30.2 Å². The van der Waals surface area contributed by atoms with E-state index in [4.69, 9.17) is 0 Å². The molecule has 1 aliphatic carbocycles. The van der Waals surface area contributed by atoms with Gasteiger partial charge in [0.15, 0.2) is 0 Å². The third-order valence-electron chi connectivity index (χ3n) is 9.27. The molecule has 7 heteroatoms. The molecule has 7 nitrogen and oxygen atoms in total. The molecule has 236 valence electrons. The number of para-hydroxylation sites is 1. The normalized spacial score (nSPS) is 20.9. The summed E-state index contributed by atoms with van der Waals surface area (Å²) in [4.78, 5) is 28.8. The zero-order valence-electron chi connectivity index (χ0n) is 26.6. The highest BCUT2D eigenvalue weighted by molar-refractivity contribution is 6.22. The molecule has 1 heterocycles. The fourth-order valence-corrected chi connectivity index (χ4v) is 7.13. The molecule has 3 aromatic carbocycles. The third kappa shape index (κ3) is 6.75. The van der Waals surface area contributed by atoms with Gasteiger partial charge in [-0.2, -0.15) is 0 Å². The van der Waals surface area contributed by atoms with E-state index in [9.17, 15) is 24.9 Å². The highest BCUT2D eigenvalue weighted by atomic mass is 16.3. The SMILES string of the molecule is CCC/C(=C\c1cc(C)c(O)c(C)c1)CC[C@@H](O)C1=C(C)C[C@H]2C(=O)N(c3ccc(Nc4ccccc4)cc3)C(=O)[C@H]2[C@H]1CO. The van der Waals surface area contributed by atoms with E-state index in [0.29, 0.717) is 36.3 Å². The van der Waals surface area contributed by atoms with Gasteiger partial charge in [-0.3, -0.25) is 14.5 Å². The quantitative estimate of drug-likeness (QED) is 0.135. The molecule has 5 rings (SSSR count). The van der Waals surface area contributed by atoms with E-state index in [1.807, 2.05) is 75.4 Å². The van der Waals surface area contributed by atoms with Crippen LogP contribution in [0.4, 0.5) is 17.1 Å². The fraction of sp³-hybridized carbons (Fsp3) is 0.368. The number of aromatic hydroxyl groups is 1. The Hall–Kier alpha value is -4.20. The summed E-state index contributed by atoms with van der Waals surface area (Å²) in [5, 5.41) is 35.6. The van der Waals surface area contributed by atoms with Crippen molar-refractivity contribution in [2.45, 2.75) is 65.9 Å².